The Hall–Kier alpha value is -1.30. The third-order valence-corrected chi connectivity index (χ3v) is 3.13. The van der Waals surface area contributed by atoms with Gasteiger partial charge in [-0.05, 0) is 47.5 Å². The third-order valence-electron chi connectivity index (χ3n) is 2.44. The largest absolute Gasteiger partial charge is 0.416 e. The minimum absolute atomic E-state index is 0.0364. The van der Waals surface area contributed by atoms with Crippen molar-refractivity contribution in [3.63, 3.8) is 0 Å². The van der Waals surface area contributed by atoms with Gasteiger partial charge in [-0.3, -0.25) is 4.79 Å². The first-order valence-electron chi connectivity index (χ1n) is 5.54. The standard InChI is InChI=1S/C13H13BrF3NO/c1-3-4-8(2)18-12(19)10-7-9(13(15,16)17)5-6-11(10)14/h3,5-8H,1,4H2,2H3,(H,18,19). The monoisotopic (exact) mass is 335 g/mol. The molecule has 0 aliphatic heterocycles. The maximum Gasteiger partial charge on any atom is 0.416 e. The molecule has 1 N–H and O–H groups in total. The molecule has 1 aromatic carbocycles. The average Bonchev–Trinajstić information content (AvgIpc) is 2.27. The van der Waals surface area contributed by atoms with Gasteiger partial charge in [-0.25, -0.2) is 0 Å². The number of alkyl halides is 3. The summed E-state index contributed by atoms with van der Waals surface area (Å²) in [6.45, 7) is 5.29. The Balaban J connectivity index is 2.99. The molecule has 2 nitrogen and oxygen atoms in total. The lowest BCUT2D eigenvalue weighted by Crippen LogP contribution is -2.32. The van der Waals surface area contributed by atoms with Crippen LogP contribution >= 0.6 is 15.9 Å². The van der Waals surface area contributed by atoms with Gasteiger partial charge in [-0.2, -0.15) is 13.2 Å². The van der Waals surface area contributed by atoms with Crippen molar-refractivity contribution in [1.29, 1.82) is 0 Å². The summed E-state index contributed by atoms with van der Waals surface area (Å²) in [7, 11) is 0. The van der Waals surface area contributed by atoms with Crippen molar-refractivity contribution in [1.82, 2.24) is 5.32 Å². The van der Waals surface area contributed by atoms with Crippen LogP contribution in [0, 0.1) is 0 Å². The highest BCUT2D eigenvalue weighted by Gasteiger charge is 2.31. The van der Waals surface area contributed by atoms with Gasteiger partial charge >= 0.3 is 6.18 Å². The third kappa shape index (κ3) is 4.38. The molecular weight excluding hydrogens is 323 g/mol. The SMILES string of the molecule is C=CCC(C)NC(=O)c1cc(C(F)(F)F)ccc1Br. The van der Waals surface area contributed by atoms with Crippen LogP contribution in [0.3, 0.4) is 0 Å². The summed E-state index contributed by atoms with van der Waals surface area (Å²) >= 11 is 3.08. The van der Waals surface area contributed by atoms with Crippen molar-refractivity contribution >= 4 is 21.8 Å². The van der Waals surface area contributed by atoms with Gasteiger partial charge in [0.1, 0.15) is 0 Å². The molecule has 6 heteroatoms. The zero-order chi connectivity index (χ0) is 14.6. The lowest BCUT2D eigenvalue weighted by Gasteiger charge is -2.14. The van der Waals surface area contributed by atoms with Crippen molar-refractivity contribution in [3.8, 4) is 0 Å². The van der Waals surface area contributed by atoms with Crippen molar-refractivity contribution < 1.29 is 18.0 Å². The minimum atomic E-state index is -4.47. The fourth-order valence-electron chi connectivity index (χ4n) is 1.49. The Morgan fingerprint density at radius 3 is 2.68 bits per heavy atom. The second-order valence-corrected chi connectivity index (χ2v) is 4.95. The maximum absolute atomic E-state index is 12.6. The Kier molecular flexibility index (Phi) is 5.17. The van der Waals surface area contributed by atoms with Crippen LogP contribution < -0.4 is 5.32 Å². The molecule has 0 spiro atoms. The molecule has 1 aromatic rings. The summed E-state index contributed by atoms with van der Waals surface area (Å²) in [6, 6.07) is 2.79. The highest BCUT2D eigenvalue weighted by molar-refractivity contribution is 9.10. The van der Waals surface area contributed by atoms with Crippen LogP contribution in [-0.4, -0.2) is 11.9 Å². The molecule has 1 rings (SSSR count). The average molecular weight is 336 g/mol. The van der Waals surface area contributed by atoms with Gasteiger partial charge in [0.2, 0.25) is 0 Å². The lowest BCUT2D eigenvalue weighted by atomic mass is 10.1. The van der Waals surface area contributed by atoms with Crippen molar-refractivity contribution in [2.24, 2.45) is 0 Å². The zero-order valence-corrected chi connectivity index (χ0v) is 11.8. The van der Waals surface area contributed by atoms with Gasteiger partial charge in [-0.1, -0.05) is 6.08 Å². The second kappa shape index (κ2) is 6.23. The second-order valence-electron chi connectivity index (χ2n) is 4.09. The number of benzene rings is 1. The van der Waals surface area contributed by atoms with E-state index in [9.17, 15) is 18.0 Å². The first-order chi connectivity index (χ1) is 8.75. The van der Waals surface area contributed by atoms with Gasteiger partial charge in [-0.15, -0.1) is 6.58 Å². The highest BCUT2D eigenvalue weighted by atomic mass is 79.9. The number of hydrogen-bond acceptors (Lipinski definition) is 1. The van der Waals surface area contributed by atoms with E-state index < -0.39 is 17.6 Å². The predicted molar refractivity (Wildman–Crippen MR) is 70.9 cm³/mol. The Morgan fingerprint density at radius 1 is 1.53 bits per heavy atom. The van der Waals surface area contributed by atoms with E-state index in [0.717, 1.165) is 12.1 Å². The summed E-state index contributed by atoms with van der Waals surface area (Å²) in [6.07, 6.45) is -2.29. The Bertz CT molecular complexity index is 485. The molecule has 0 radical (unpaired) electrons. The Labute approximate surface area is 117 Å². The molecule has 0 aromatic heterocycles. The van der Waals surface area contributed by atoms with E-state index in [0.29, 0.717) is 10.9 Å². The summed E-state index contributed by atoms with van der Waals surface area (Å²) in [4.78, 5) is 11.9. The molecule has 19 heavy (non-hydrogen) atoms. The first-order valence-corrected chi connectivity index (χ1v) is 6.33. The number of rotatable bonds is 4. The number of halogens is 4. The minimum Gasteiger partial charge on any atom is -0.349 e. The first kappa shape index (κ1) is 15.8. The van der Waals surface area contributed by atoms with Gasteiger partial charge in [0.05, 0.1) is 11.1 Å². The summed E-state index contributed by atoms with van der Waals surface area (Å²) in [5.41, 5.74) is -0.886. The molecule has 104 valence electrons. The molecule has 0 aliphatic rings. The summed E-state index contributed by atoms with van der Waals surface area (Å²) in [5.74, 6) is -0.549. The molecule has 1 unspecified atom stereocenters. The molecule has 1 atom stereocenters. The van der Waals surface area contributed by atoms with Gasteiger partial charge in [0, 0.05) is 10.5 Å². The lowest BCUT2D eigenvalue weighted by molar-refractivity contribution is -0.137. The van der Waals surface area contributed by atoms with E-state index in [1.165, 1.54) is 6.07 Å². The number of hydrogen-bond donors (Lipinski definition) is 1. The molecular formula is C13H13BrF3NO. The number of carbonyl (C=O) groups excluding carboxylic acids is 1. The van der Waals surface area contributed by atoms with Gasteiger partial charge < -0.3 is 5.32 Å². The van der Waals surface area contributed by atoms with Crippen molar-refractivity contribution in [3.05, 3.63) is 46.5 Å². The molecule has 0 aliphatic carbocycles. The predicted octanol–water partition coefficient (Wildman–Crippen LogP) is 4.16. The van der Waals surface area contributed by atoms with Gasteiger partial charge in [0.25, 0.3) is 5.91 Å². The summed E-state index contributed by atoms with van der Waals surface area (Å²) in [5, 5.41) is 2.61. The van der Waals surface area contributed by atoms with Crippen LogP contribution in [0.2, 0.25) is 0 Å². The molecule has 0 fully saturated rings. The van der Waals surface area contributed by atoms with Crippen LogP contribution in [0.5, 0.6) is 0 Å². The summed E-state index contributed by atoms with van der Waals surface area (Å²) < 4.78 is 38.1. The quantitative estimate of drug-likeness (QED) is 0.822. The Morgan fingerprint density at radius 2 is 2.16 bits per heavy atom. The number of nitrogens with one attached hydrogen (secondary N) is 1. The van der Waals surface area contributed by atoms with Crippen LogP contribution in [0.15, 0.2) is 35.3 Å². The van der Waals surface area contributed by atoms with Crippen LogP contribution in [0.4, 0.5) is 13.2 Å². The molecule has 0 saturated heterocycles. The molecule has 1 amide bonds. The smallest absolute Gasteiger partial charge is 0.349 e. The maximum atomic E-state index is 12.6. The van der Waals surface area contributed by atoms with Crippen LogP contribution in [0.1, 0.15) is 29.3 Å². The van der Waals surface area contributed by atoms with Crippen LogP contribution in [0.25, 0.3) is 0 Å². The topological polar surface area (TPSA) is 29.1 Å². The van der Waals surface area contributed by atoms with E-state index in [4.69, 9.17) is 0 Å². The van der Waals surface area contributed by atoms with E-state index in [1.54, 1.807) is 13.0 Å². The van der Waals surface area contributed by atoms with E-state index in [1.807, 2.05) is 0 Å². The zero-order valence-electron chi connectivity index (χ0n) is 10.2. The fourth-order valence-corrected chi connectivity index (χ4v) is 1.91. The molecule has 0 saturated carbocycles. The molecule has 0 heterocycles. The van der Waals surface area contributed by atoms with Crippen LogP contribution in [-0.2, 0) is 6.18 Å². The molecule has 0 bridgehead atoms. The van der Waals surface area contributed by atoms with E-state index in [-0.39, 0.29) is 11.6 Å². The van der Waals surface area contributed by atoms with E-state index in [2.05, 4.69) is 27.8 Å². The fraction of sp³-hybridized carbons (Fsp3) is 0.308. The highest BCUT2D eigenvalue weighted by Crippen LogP contribution is 2.31. The van der Waals surface area contributed by atoms with Gasteiger partial charge in [0.15, 0.2) is 0 Å². The normalized spacial score (nSPS) is 12.9. The van der Waals surface area contributed by atoms with E-state index >= 15 is 0 Å². The van der Waals surface area contributed by atoms with Crippen molar-refractivity contribution in [2.75, 3.05) is 0 Å². The number of carbonyl (C=O) groups is 1. The van der Waals surface area contributed by atoms with Crippen molar-refractivity contribution in [2.45, 2.75) is 25.6 Å². The number of amides is 1.